The lowest BCUT2D eigenvalue weighted by Gasteiger charge is -2.36. The molecule has 0 saturated heterocycles. The van der Waals surface area contributed by atoms with E-state index in [1.54, 1.807) is 18.2 Å². The van der Waals surface area contributed by atoms with E-state index < -0.39 is 5.60 Å². The first-order valence-electron chi connectivity index (χ1n) is 9.28. The lowest BCUT2D eigenvalue weighted by atomic mass is 9.77. The van der Waals surface area contributed by atoms with Crippen LogP contribution in [-0.2, 0) is 0 Å². The number of halogens is 1. The number of hydrogen-bond acceptors (Lipinski definition) is 4. The molecule has 1 aliphatic rings. The Morgan fingerprint density at radius 1 is 1.19 bits per heavy atom. The number of carbonyl (C=O) groups is 2. The van der Waals surface area contributed by atoms with Crippen LogP contribution >= 0.6 is 11.6 Å². The summed E-state index contributed by atoms with van der Waals surface area (Å²) in [5.41, 5.74) is 0.859. The predicted molar refractivity (Wildman–Crippen MR) is 106 cm³/mol. The summed E-state index contributed by atoms with van der Waals surface area (Å²) in [4.78, 5) is 28.5. The molecule has 0 aliphatic heterocycles. The van der Waals surface area contributed by atoms with Crippen LogP contribution in [-0.4, -0.2) is 33.4 Å². The topological polar surface area (TPSA) is 79.3 Å². The third-order valence-electron chi connectivity index (χ3n) is 5.47. The van der Waals surface area contributed by atoms with E-state index in [1.165, 1.54) is 13.1 Å². The summed E-state index contributed by atoms with van der Waals surface area (Å²) in [6.45, 7) is 5.15. The van der Waals surface area contributed by atoms with Crippen LogP contribution in [0.1, 0.15) is 67.2 Å². The van der Waals surface area contributed by atoms with E-state index in [1.807, 2.05) is 13.8 Å². The molecule has 1 aromatic heterocycles. The molecule has 0 atom stereocenters. The Kier molecular flexibility index (Phi) is 5.54. The normalized spacial score (nSPS) is 20.5. The van der Waals surface area contributed by atoms with E-state index in [0.717, 1.165) is 31.1 Å². The van der Waals surface area contributed by atoms with Gasteiger partial charge in [-0.05, 0) is 70.6 Å². The van der Waals surface area contributed by atoms with Crippen molar-refractivity contribution in [2.75, 3.05) is 0 Å². The molecule has 2 aromatic rings. The molecule has 3 rings (SSSR count). The molecule has 0 bridgehead atoms. The standard InChI is InChI=1S/C21H25ClN2O3/c1-12(25)17-10-19-13(9-18(17)22)8-14(11-23-19)20(26)24-16-6-4-15(5-7-16)21(2,3)27/h8-11,15-16,27H,4-7H2,1-3H3,(H,24,26). The number of hydrogen-bond donors (Lipinski definition) is 2. The van der Waals surface area contributed by atoms with Gasteiger partial charge in [-0.15, -0.1) is 0 Å². The van der Waals surface area contributed by atoms with Crippen molar-refractivity contribution >= 4 is 34.2 Å². The third-order valence-corrected chi connectivity index (χ3v) is 5.79. The zero-order valence-corrected chi connectivity index (χ0v) is 16.6. The number of nitrogens with zero attached hydrogens (tertiary/aromatic N) is 1. The van der Waals surface area contributed by atoms with Crippen LogP contribution < -0.4 is 5.32 Å². The number of rotatable bonds is 4. The number of carbonyl (C=O) groups excluding carboxylic acids is 2. The van der Waals surface area contributed by atoms with Crippen molar-refractivity contribution in [1.29, 1.82) is 0 Å². The molecule has 0 radical (unpaired) electrons. The minimum absolute atomic E-state index is 0.107. The highest BCUT2D eigenvalue weighted by atomic mass is 35.5. The molecule has 6 heteroatoms. The van der Waals surface area contributed by atoms with Gasteiger partial charge in [0.1, 0.15) is 0 Å². The van der Waals surface area contributed by atoms with Gasteiger partial charge >= 0.3 is 0 Å². The Hall–Kier alpha value is -1.98. The number of fused-ring (bicyclic) bond motifs is 1. The number of aromatic nitrogens is 1. The summed E-state index contributed by atoms with van der Waals surface area (Å²) in [5.74, 6) is -0.0133. The van der Waals surface area contributed by atoms with Gasteiger partial charge in [0.05, 0.1) is 21.7 Å². The van der Waals surface area contributed by atoms with Gasteiger partial charge < -0.3 is 10.4 Å². The van der Waals surface area contributed by atoms with Gasteiger partial charge in [0.15, 0.2) is 5.78 Å². The third kappa shape index (κ3) is 4.47. The van der Waals surface area contributed by atoms with E-state index in [4.69, 9.17) is 11.6 Å². The quantitative estimate of drug-likeness (QED) is 0.771. The number of aliphatic hydroxyl groups is 1. The van der Waals surface area contributed by atoms with Crippen molar-refractivity contribution in [3.63, 3.8) is 0 Å². The summed E-state index contributed by atoms with van der Waals surface area (Å²) >= 11 is 6.17. The first-order chi connectivity index (χ1) is 12.6. The Morgan fingerprint density at radius 3 is 2.44 bits per heavy atom. The van der Waals surface area contributed by atoms with Crippen LogP contribution in [0.2, 0.25) is 5.02 Å². The highest BCUT2D eigenvalue weighted by Crippen LogP contribution is 2.32. The van der Waals surface area contributed by atoms with E-state index in [0.29, 0.717) is 21.7 Å². The van der Waals surface area contributed by atoms with Crippen LogP contribution in [0.4, 0.5) is 0 Å². The molecule has 1 saturated carbocycles. The second-order valence-electron chi connectivity index (χ2n) is 7.98. The average Bonchev–Trinajstić information content (AvgIpc) is 2.60. The monoisotopic (exact) mass is 388 g/mol. The first-order valence-corrected chi connectivity index (χ1v) is 9.66. The van der Waals surface area contributed by atoms with Crippen LogP contribution in [0.3, 0.4) is 0 Å². The number of nitrogens with one attached hydrogen (secondary N) is 1. The van der Waals surface area contributed by atoms with Crippen molar-refractivity contribution in [1.82, 2.24) is 10.3 Å². The molecule has 1 aromatic carbocycles. The van der Waals surface area contributed by atoms with Crippen LogP contribution in [0.5, 0.6) is 0 Å². The van der Waals surface area contributed by atoms with Gasteiger partial charge in [0, 0.05) is 23.2 Å². The van der Waals surface area contributed by atoms with E-state index >= 15 is 0 Å². The van der Waals surface area contributed by atoms with E-state index in [-0.39, 0.29) is 23.7 Å². The second-order valence-corrected chi connectivity index (χ2v) is 8.39. The van der Waals surface area contributed by atoms with Gasteiger partial charge in [-0.25, -0.2) is 0 Å². The van der Waals surface area contributed by atoms with Crippen molar-refractivity contribution in [3.8, 4) is 0 Å². The molecule has 5 nitrogen and oxygen atoms in total. The first kappa shape index (κ1) is 19.8. The number of benzene rings is 1. The lowest BCUT2D eigenvalue weighted by Crippen LogP contribution is -2.41. The fourth-order valence-corrected chi connectivity index (χ4v) is 4.06. The minimum atomic E-state index is -0.671. The van der Waals surface area contributed by atoms with Gasteiger partial charge in [-0.3, -0.25) is 14.6 Å². The van der Waals surface area contributed by atoms with Crippen molar-refractivity contribution in [2.45, 2.75) is 58.1 Å². The summed E-state index contributed by atoms with van der Waals surface area (Å²) < 4.78 is 0. The maximum absolute atomic E-state index is 12.6. The maximum atomic E-state index is 12.6. The summed E-state index contributed by atoms with van der Waals surface area (Å²) in [6.07, 6.45) is 5.03. The van der Waals surface area contributed by atoms with Crippen LogP contribution in [0.25, 0.3) is 10.9 Å². The number of ketones is 1. The number of Topliss-reactive ketones (excluding diaryl/α,β-unsaturated/α-hetero) is 1. The second kappa shape index (κ2) is 7.56. The van der Waals surface area contributed by atoms with Gasteiger partial charge in [0.25, 0.3) is 5.91 Å². The molecule has 1 aliphatic carbocycles. The van der Waals surface area contributed by atoms with Gasteiger partial charge in [-0.1, -0.05) is 11.6 Å². The summed E-state index contributed by atoms with van der Waals surface area (Å²) in [7, 11) is 0. The Balaban J connectivity index is 1.71. The number of amides is 1. The summed E-state index contributed by atoms with van der Waals surface area (Å²) in [5, 5.41) is 14.3. The highest BCUT2D eigenvalue weighted by molar-refractivity contribution is 6.34. The fraction of sp³-hybridized carbons (Fsp3) is 0.476. The molecular formula is C21H25ClN2O3. The average molecular weight is 389 g/mol. The summed E-state index contributed by atoms with van der Waals surface area (Å²) in [6, 6.07) is 5.18. The Labute approximate surface area is 164 Å². The molecular weight excluding hydrogens is 364 g/mol. The molecule has 1 fully saturated rings. The maximum Gasteiger partial charge on any atom is 0.253 e. The molecule has 27 heavy (non-hydrogen) atoms. The molecule has 2 N–H and O–H groups in total. The zero-order chi connectivity index (χ0) is 19.8. The molecule has 1 amide bonds. The van der Waals surface area contributed by atoms with E-state index in [2.05, 4.69) is 10.3 Å². The number of pyridine rings is 1. The zero-order valence-electron chi connectivity index (χ0n) is 15.9. The Morgan fingerprint density at radius 2 is 1.85 bits per heavy atom. The molecule has 0 spiro atoms. The van der Waals surface area contributed by atoms with Crippen molar-refractivity contribution in [3.05, 3.63) is 40.5 Å². The molecule has 0 unspecified atom stereocenters. The smallest absolute Gasteiger partial charge is 0.253 e. The molecule has 144 valence electrons. The predicted octanol–water partition coefficient (Wildman–Crippen LogP) is 4.15. The SMILES string of the molecule is CC(=O)c1cc2ncc(C(=O)NC3CCC(C(C)(C)O)CC3)cc2cc1Cl. The fourth-order valence-electron chi connectivity index (χ4n) is 3.76. The van der Waals surface area contributed by atoms with Gasteiger partial charge in [-0.2, -0.15) is 0 Å². The van der Waals surface area contributed by atoms with Crippen molar-refractivity contribution in [2.24, 2.45) is 5.92 Å². The molecule has 1 heterocycles. The largest absolute Gasteiger partial charge is 0.390 e. The van der Waals surface area contributed by atoms with Crippen LogP contribution in [0.15, 0.2) is 24.4 Å². The minimum Gasteiger partial charge on any atom is -0.390 e. The van der Waals surface area contributed by atoms with Crippen molar-refractivity contribution < 1.29 is 14.7 Å². The lowest BCUT2D eigenvalue weighted by molar-refractivity contribution is -0.00258. The Bertz CT molecular complexity index is 881. The highest BCUT2D eigenvalue weighted by Gasteiger charge is 2.31. The van der Waals surface area contributed by atoms with E-state index in [9.17, 15) is 14.7 Å². The van der Waals surface area contributed by atoms with Crippen LogP contribution in [0, 0.1) is 5.92 Å². The van der Waals surface area contributed by atoms with Gasteiger partial charge in [0.2, 0.25) is 0 Å².